The third kappa shape index (κ3) is 1.91. The lowest BCUT2D eigenvalue weighted by Gasteiger charge is -2.18. The van der Waals surface area contributed by atoms with E-state index in [-0.39, 0.29) is 0 Å². The van der Waals surface area contributed by atoms with Gasteiger partial charge in [0.05, 0.1) is 5.39 Å². The van der Waals surface area contributed by atoms with Crippen molar-refractivity contribution in [2.45, 2.75) is 13.8 Å². The predicted octanol–water partition coefficient (Wildman–Crippen LogP) is 4.87. The minimum absolute atomic E-state index is 0.887. The molecule has 0 spiro atoms. The van der Waals surface area contributed by atoms with Gasteiger partial charge in [0.2, 0.25) is 0 Å². The Morgan fingerprint density at radius 2 is 1.70 bits per heavy atom. The van der Waals surface area contributed by atoms with E-state index in [2.05, 4.69) is 62.4 Å². The van der Waals surface area contributed by atoms with E-state index in [0.717, 1.165) is 22.5 Å². The van der Waals surface area contributed by atoms with Gasteiger partial charge in [0, 0.05) is 30.1 Å². The molecule has 0 radical (unpaired) electrons. The summed E-state index contributed by atoms with van der Waals surface area (Å²) in [6.07, 6.45) is 3.75. The molecule has 23 heavy (non-hydrogen) atoms. The summed E-state index contributed by atoms with van der Waals surface area (Å²) in [6, 6.07) is 12.8. The third-order valence-corrected chi connectivity index (χ3v) is 4.18. The van der Waals surface area contributed by atoms with Gasteiger partial charge in [-0.25, -0.2) is 9.97 Å². The van der Waals surface area contributed by atoms with Gasteiger partial charge in [-0.1, -0.05) is 38.1 Å². The molecule has 4 heteroatoms. The first-order chi connectivity index (χ1) is 11.3. The molecule has 0 bridgehead atoms. The Morgan fingerprint density at radius 3 is 2.48 bits per heavy atom. The maximum atomic E-state index is 4.39. The lowest BCUT2D eigenvalue weighted by atomic mass is 9.97. The average Bonchev–Trinajstić information content (AvgIpc) is 2.94. The third-order valence-electron chi connectivity index (χ3n) is 4.18. The van der Waals surface area contributed by atoms with E-state index in [9.17, 15) is 0 Å². The number of benzene rings is 2. The second-order valence-electron chi connectivity index (χ2n) is 5.44. The topological polar surface area (TPSA) is 42.7 Å². The van der Waals surface area contributed by atoms with Gasteiger partial charge in [-0.05, 0) is 22.9 Å². The molecule has 5 rings (SSSR count). The number of nitrogens with zero attached hydrogens (tertiary/aromatic N) is 3. The molecule has 4 aromatic rings. The highest BCUT2D eigenvalue weighted by Crippen LogP contribution is 2.44. The Labute approximate surface area is 134 Å². The predicted molar refractivity (Wildman–Crippen MR) is 96.1 cm³/mol. The van der Waals surface area contributed by atoms with Crippen molar-refractivity contribution in [1.82, 2.24) is 14.5 Å². The van der Waals surface area contributed by atoms with Crippen LogP contribution in [-0.2, 0) is 7.05 Å². The van der Waals surface area contributed by atoms with Gasteiger partial charge in [0.1, 0.15) is 17.8 Å². The zero-order valence-electron chi connectivity index (χ0n) is 13.5. The van der Waals surface area contributed by atoms with Crippen molar-refractivity contribution in [2.24, 2.45) is 7.05 Å². The number of hydrogen-bond acceptors (Lipinski definition) is 3. The van der Waals surface area contributed by atoms with E-state index in [4.69, 9.17) is 0 Å². The molecule has 4 nitrogen and oxygen atoms in total. The van der Waals surface area contributed by atoms with Crippen LogP contribution in [-0.4, -0.2) is 14.5 Å². The molecule has 2 aromatic carbocycles. The molecule has 2 aromatic heterocycles. The van der Waals surface area contributed by atoms with Crippen LogP contribution in [0.25, 0.3) is 32.9 Å². The number of rotatable bonds is 0. The average molecular weight is 302 g/mol. The van der Waals surface area contributed by atoms with Crippen LogP contribution in [0.4, 0.5) is 11.5 Å². The Hall–Kier alpha value is -2.88. The Balaban J connectivity index is 0.000000652. The molecule has 0 saturated carbocycles. The second-order valence-corrected chi connectivity index (χ2v) is 5.44. The van der Waals surface area contributed by atoms with Crippen molar-refractivity contribution >= 4 is 33.3 Å². The van der Waals surface area contributed by atoms with Crippen LogP contribution in [0, 0.1) is 0 Å². The van der Waals surface area contributed by atoms with E-state index in [1.54, 1.807) is 6.33 Å². The zero-order chi connectivity index (χ0) is 16.0. The van der Waals surface area contributed by atoms with E-state index in [1.165, 1.54) is 21.9 Å². The zero-order valence-corrected chi connectivity index (χ0v) is 13.5. The summed E-state index contributed by atoms with van der Waals surface area (Å²) in [5, 5.41) is 7.02. The molecule has 1 N–H and O–H groups in total. The van der Waals surface area contributed by atoms with Crippen molar-refractivity contribution in [3.05, 3.63) is 48.9 Å². The van der Waals surface area contributed by atoms with E-state index < -0.39 is 0 Å². The van der Waals surface area contributed by atoms with Crippen molar-refractivity contribution in [1.29, 1.82) is 0 Å². The first kappa shape index (κ1) is 13.8. The highest BCUT2D eigenvalue weighted by atomic mass is 15.1. The fourth-order valence-electron chi connectivity index (χ4n) is 3.20. The quantitative estimate of drug-likeness (QED) is 0.443. The highest BCUT2D eigenvalue weighted by molar-refractivity contribution is 6.10. The van der Waals surface area contributed by atoms with Gasteiger partial charge in [-0.3, -0.25) is 0 Å². The highest BCUT2D eigenvalue weighted by Gasteiger charge is 2.22. The molecule has 0 fully saturated rings. The molecule has 1 aliphatic rings. The van der Waals surface area contributed by atoms with E-state index >= 15 is 0 Å². The Morgan fingerprint density at radius 1 is 0.957 bits per heavy atom. The van der Waals surface area contributed by atoms with Crippen LogP contribution in [0.15, 0.2) is 48.9 Å². The summed E-state index contributed by atoms with van der Waals surface area (Å²) >= 11 is 0. The number of hydrogen-bond donors (Lipinski definition) is 1. The molecule has 1 aliphatic heterocycles. The minimum atomic E-state index is 0.887. The monoisotopic (exact) mass is 302 g/mol. The summed E-state index contributed by atoms with van der Waals surface area (Å²) in [5.41, 5.74) is 4.47. The molecule has 0 aliphatic carbocycles. The van der Waals surface area contributed by atoms with Crippen LogP contribution in [0.2, 0.25) is 0 Å². The summed E-state index contributed by atoms with van der Waals surface area (Å²) in [4.78, 5) is 8.79. The van der Waals surface area contributed by atoms with Crippen molar-refractivity contribution < 1.29 is 0 Å². The van der Waals surface area contributed by atoms with Gasteiger partial charge in [-0.2, -0.15) is 0 Å². The lowest BCUT2D eigenvalue weighted by molar-refractivity contribution is 0.945. The number of aryl methyl sites for hydroxylation is 1. The van der Waals surface area contributed by atoms with Crippen molar-refractivity contribution in [2.75, 3.05) is 5.32 Å². The Kier molecular flexibility index (Phi) is 3.05. The second kappa shape index (κ2) is 5.09. The molecular weight excluding hydrogens is 284 g/mol. The first-order valence-corrected chi connectivity index (χ1v) is 7.91. The fraction of sp³-hybridized carbons (Fsp3) is 0.158. The summed E-state index contributed by atoms with van der Waals surface area (Å²) in [6.45, 7) is 4.00. The fourth-order valence-corrected chi connectivity index (χ4v) is 3.20. The number of anilines is 2. The molecule has 3 heterocycles. The van der Waals surface area contributed by atoms with Gasteiger partial charge in [0.25, 0.3) is 0 Å². The van der Waals surface area contributed by atoms with Crippen LogP contribution >= 0.6 is 0 Å². The van der Waals surface area contributed by atoms with Crippen LogP contribution in [0.1, 0.15) is 13.8 Å². The molecule has 0 saturated heterocycles. The van der Waals surface area contributed by atoms with Gasteiger partial charge in [0.15, 0.2) is 0 Å². The molecule has 0 unspecified atom stereocenters. The van der Waals surface area contributed by atoms with Gasteiger partial charge >= 0.3 is 0 Å². The van der Waals surface area contributed by atoms with Crippen molar-refractivity contribution in [3.8, 4) is 11.1 Å². The molecular formula is C19H18N4. The van der Waals surface area contributed by atoms with E-state index in [1.807, 2.05) is 20.9 Å². The summed E-state index contributed by atoms with van der Waals surface area (Å²) < 4.78 is 2.06. The number of aromatic nitrogens is 3. The molecule has 0 amide bonds. The summed E-state index contributed by atoms with van der Waals surface area (Å²) in [5.74, 6) is 0.887. The number of fused-ring (bicyclic) bond motifs is 3. The maximum absolute atomic E-state index is 4.39. The molecule has 0 atom stereocenters. The first-order valence-electron chi connectivity index (χ1n) is 7.91. The maximum Gasteiger partial charge on any atom is 0.145 e. The van der Waals surface area contributed by atoms with E-state index in [0.29, 0.717) is 0 Å². The summed E-state index contributed by atoms with van der Waals surface area (Å²) in [7, 11) is 2.02. The standard InChI is InChI=1S/C17H12N4.C2H6/c1-21-8-13-12-6-10-4-2-3-5-11(10)7-14(12)20-16-15(13)17(21)19-9-18-16;1-2/h2-9H,1H3,(H,18,19,20);1-2H3. The minimum Gasteiger partial charge on any atom is -0.339 e. The van der Waals surface area contributed by atoms with Crippen LogP contribution in [0.3, 0.4) is 0 Å². The number of nitrogens with one attached hydrogen (secondary N) is 1. The molecule has 114 valence electrons. The van der Waals surface area contributed by atoms with Crippen LogP contribution in [0.5, 0.6) is 0 Å². The Bertz CT molecular complexity index is 1030. The largest absolute Gasteiger partial charge is 0.339 e. The SMILES string of the molecule is CC.Cn1cc2c3c(ncnc31)Nc1cc3ccccc3cc1-2. The van der Waals surface area contributed by atoms with Crippen molar-refractivity contribution in [3.63, 3.8) is 0 Å². The lowest BCUT2D eigenvalue weighted by Crippen LogP contribution is -2.02. The van der Waals surface area contributed by atoms with Crippen LogP contribution < -0.4 is 5.32 Å². The van der Waals surface area contributed by atoms with Gasteiger partial charge in [-0.15, -0.1) is 0 Å². The van der Waals surface area contributed by atoms with Gasteiger partial charge < -0.3 is 9.88 Å². The smallest absolute Gasteiger partial charge is 0.145 e. The normalized spacial score (nSPS) is 11.6.